The van der Waals surface area contributed by atoms with Gasteiger partial charge in [0.05, 0.1) is 5.92 Å². The molecule has 0 radical (unpaired) electrons. The second-order valence-corrected chi connectivity index (χ2v) is 5.24. The molecule has 2 rings (SSSR count). The monoisotopic (exact) mass is 224 g/mol. The van der Waals surface area contributed by atoms with Crippen LogP contribution in [-0.4, -0.2) is 37.0 Å². The molecule has 0 bridgehead atoms. The van der Waals surface area contributed by atoms with Crippen LogP contribution < -0.4 is 5.32 Å². The number of carbonyl (C=O) groups is 1. The summed E-state index contributed by atoms with van der Waals surface area (Å²) in [6, 6.07) is 0. The van der Waals surface area contributed by atoms with E-state index in [1.807, 2.05) is 0 Å². The van der Waals surface area contributed by atoms with Gasteiger partial charge >= 0.3 is 0 Å². The van der Waals surface area contributed by atoms with Crippen molar-refractivity contribution < 1.29 is 4.79 Å². The van der Waals surface area contributed by atoms with Crippen molar-refractivity contribution in [1.82, 2.24) is 10.2 Å². The normalized spacial score (nSPS) is 31.4. The lowest BCUT2D eigenvalue weighted by molar-refractivity contribution is -0.137. The highest BCUT2D eigenvalue weighted by molar-refractivity contribution is 5.79. The zero-order valence-corrected chi connectivity index (χ0v) is 10.4. The SMILES string of the molecule is CCC1CCCN(C(=O)[C@H]2CCCNC2)C1. The zero-order valence-electron chi connectivity index (χ0n) is 10.4. The van der Waals surface area contributed by atoms with Crippen LogP contribution in [0.4, 0.5) is 0 Å². The third-order valence-corrected chi connectivity index (χ3v) is 4.05. The van der Waals surface area contributed by atoms with Crippen molar-refractivity contribution in [1.29, 1.82) is 0 Å². The van der Waals surface area contributed by atoms with Crippen LogP contribution >= 0.6 is 0 Å². The standard InChI is InChI=1S/C13H24N2O/c1-2-11-5-4-8-15(10-11)13(16)12-6-3-7-14-9-12/h11-12,14H,2-10H2,1H3/t11?,12-/m0/s1. The van der Waals surface area contributed by atoms with Gasteiger partial charge in [-0.15, -0.1) is 0 Å². The van der Waals surface area contributed by atoms with Crippen LogP contribution in [0.5, 0.6) is 0 Å². The van der Waals surface area contributed by atoms with E-state index >= 15 is 0 Å². The number of nitrogens with one attached hydrogen (secondary N) is 1. The molecule has 0 spiro atoms. The number of carbonyl (C=O) groups excluding carboxylic acids is 1. The van der Waals surface area contributed by atoms with E-state index in [9.17, 15) is 4.79 Å². The number of hydrogen-bond donors (Lipinski definition) is 1. The molecule has 2 aliphatic rings. The summed E-state index contributed by atoms with van der Waals surface area (Å²) in [6.07, 6.45) is 5.96. The zero-order chi connectivity index (χ0) is 11.4. The molecule has 3 nitrogen and oxygen atoms in total. The third kappa shape index (κ3) is 2.76. The lowest BCUT2D eigenvalue weighted by Crippen LogP contribution is -2.46. The van der Waals surface area contributed by atoms with Crippen LogP contribution in [0.2, 0.25) is 0 Å². The molecule has 16 heavy (non-hydrogen) atoms. The highest BCUT2D eigenvalue weighted by atomic mass is 16.2. The molecule has 0 aromatic rings. The quantitative estimate of drug-likeness (QED) is 0.773. The van der Waals surface area contributed by atoms with Gasteiger partial charge in [0, 0.05) is 19.6 Å². The van der Waals surface area contributed by atoms with Crippen molar-refractivity contribution >= 4 is 5.91 Å². The minimum Gasteiger partial charge on any atom is -0.342 e. The molecular weight excluding hydrogens is 200 g/mol. The Morgan fingerprint density at radius 2 is 2.25 bits per heavy atom. The average Bonchev–Trinajstić information content (AvgIpc) is 2.39. The van der Waals surface area contributed by atoms with Gasteiger partial charge < -0.3 is 10.2 Å². The molecule has 1 amide bonds. The van der Waals surface area contributed by atoms with Gasteiger partial charge in [0.25, 0.3) is 0 Å². The first-order valence-corrected chi connectivity index (χ1v) is 6.80. The molecule has 2 heterocycles. The van der Waals surface area contributed by atoms with E-state index in [1.54, 1.807) is 0 Å². The number of nitrogens with zero attached hydrogens (tertiary/aromatic N) is 1. The predicted octanol–water partition coefficient (Wildman–Crippen LogP) is 1.63. The Morgan fingerprint density at radius 3 is 2.94 bits per heavy atom. The molecule has 0 aromatic heterocycles. The molecule has 0 aromatic carbocycles. The number of piperidine rings is 2. The van der Waals surface area contributed by atoms with Crippen molar-refractivity contribution in [2.24, 2.45) is 11.8 Å². The van der Waals surface area contributed by atoms with Gasteiger partial charge in [-0.1, -0.05) is 13.3 Å². The maximum Gasteiger partial charge on any atom is 0.226 e. The largest absolute Gasteiger partial charge is 0.342 e. The van der Waals surface area contributed by atoms with Crippen molar-refractivity contribution in [2.45, 2.75) is 39.0 Å². The third-order valence-electron chi connectivity index (χ3n) is 4.05. The van der Waals surface area contributed by atoms with E-state index in [0.29, 0.717) is 5.91 Å². The first-order valence-electron chi connectivity index (χ1n) is 6.80. The van der Waals surface area contributed by atoms with Crippen molar-refractivity contribution in [3.63, 3.8) is 0 Å². The second-order valence-electron chi connectivity index (χ2n) is 5.24. The fraction of sp³-hybridized carbons (Fsp3) is 0.923. The maximum atomic E-state index is 12.3. The minimum atomic E-state index is 0.254. The molecule has 92 valence electrons. The summed E-state index contributed by atoms with van der Waals surface area (Å²) in [5.41, 5.74) is 0. The fourth-order valence-corrected chi connectivity index (χ4v) is 2.92. The molecule has 2 fully saturated rings. The second kappa shape index (κ2) is 5.67. The van der Waals surface area contributed by atoms with Gasteiger partial charge in [-0.3, -0.25) is 4.79 Å². The highest BCUT2D eigenvalue weighted by Crippen LogP contribution is 2.22. The summed E-state index contributed by atoms with van der Waals surface area (Å²) < 4.78 is 0. The predicted molar refractivity (Wildman–Crippen MR) is 65.2 cm³/mol. The van der Waals surface area contributed by atoms with Crippen molar-refractivity contribution in [3.8, 4) is 0 Å². The number of hydrogen-bond acceptors (Lipinski definition) is 2. The van der Waals surface area contributed by atoms with Crippen LogP contribution in [0.1, 0.15) is 39.0 Å². The minimum absolute atomic E-state index is 0.254. The first kappa shape index (κ1) is 11.9. The molecule has 0 saturated carbocycles. The molecule has 2 saturated heterocycles. The number of amides is 1. The van der Waals surface area contributed by atoms with Crippen molar-refractivity contribution in [3.05, 3.63) is 0 Å². The molecule has 3 heteroatoms. The molecule has 1 unspecified atom stereocenters. The summed E-state index contributed by atoms with van der Waals surface area (Å²) >= 11 is 0. The Hall–Kier alpha value is -0.570. The summed E-state index contributed by atoms with van der Waals surface area (Å²) in [4.78, 5) is 14.4. The summed E-state index contributed by atoms with van der Waals surface area (Å²) in [6.45, 7) is 6.21. The Labute approximate surface area is 98.6 Å². The van der Waals surface area contributed by atoms with Crippen LogP contribution in [0.3, 0.4) is 0 Å². The highest BCUT2D eigenvalue weighted by Gasteiger charge is 2.28. The summed E-state index contributed by atoms with van der Waals surface area (Å²) in [5, 5.41) is 3.33. The number of likely N-dealkylation sites (tertiary alicyclic amines) is 1. The molecule has 2 aliphatic heterocycles. The van der Waals surface area contributed by atoms with Crippen LogP contribution in [0, 0.1) is 11.8 Å². The van der Waals surface area contributed by atoms with Crippen LogP contribution in [0.15, 0.2) is 0 Å². The van der Waals surface area contributed by atoms with E-state index in [1.165, 1.54) is 19.3 Å². The van der Waals surface area contributed by atoms with Gasteiger partial charge in [0.1, 0.15) is 0 Å². The maximum absolute atomic E-state index is 12.3. The van der Waals surface area contributed by atoms with E-state index in [4.69, 9.17) is 0 Å². The van der Waals surface area contributed by atoms with Gasteiger partial charge in [-0.05, 0) is 38.1 Å². The van der Waals surface area contributed by atoms with E-state index in [-0.39, 0.29) is 5.92 Å². The smallest absolute Gasteiger partial charge is 0.226 e. The van der Waals surface area contributed by atoms with Gasteiger partial charge in [0.15, 0.2) is 0 Å². The van der Waals surface area contributed by atoms with Gasteiger partial charge in [0.2, 0.25) is 5.91 Å². The van der Waals surface area contributed by atoms with E-state index in [2.05, 4.69) is 17.1 Å². The molecule has 0 aliphatic carbocycles. The summed E-state index contributed by atoms with van der Waals surface area (Å²) in [7, 11) is 0. The first-order chi connectivity index (χ1) is 7.81. The molecule has 1 N–H and O–H groups in total. The lowest BCUT2D eigenvalue weighted by atomic mass is 9.92. The van der Waals surface area contributed by atoms with Crippen molar-refractivity contribution in [2.75, 3.05) is 26.2 Å². The van der Waals surface area contributed by atoms with Crippen LogP contribution in [0.25, 0.3) is 0 Å². The fourth-order valence-electron chi connectivity index (χ4n) is 2.92. The Morgan fingerprint density at radius 1 is 1.38 bits per heavy atom. The summed E-state index contributed by atoms with van der Waals surface area (Å²) in [5.74, 6) is 1.41. The lowest BCUT2D eigenvalue weighted by Gasteiger charge is -2.35. The Kier molecular flexibility index (Phi) is 4.22. The number of rotatable bonds is 2. The van der Waals surface area contributed by atoms with Gasteiger partial charge in [-0.25, -0.2) is 0 Å². The molecule has 2 atom stereocenters. The van der Waals surface area contributed by atoms with Gasteiger partial charge in [-0.2, -0.15) is 0 Å². The Balaban J connectivity index is 1.87. The topological polar surface area (TPSA) is 32.3 Å². The van der Waals surface area contributed by atoms with E-state index in [0.717, 1.165) is 44.9 Å². The average molecular weight is 224 g/mol. The van der Waals surface area contributed by atoms with Crippen LogP contribution in [-0.2, 0) is 4.79 Å². The molecular formula is C13H24N2O. The van der Waals surface area contributed by atoms with E-state index < -0.39 is 0 Å². The Bertz CT molecular complexity index is 236.